The van der Waals surface area contributed by atoms with Crippen LogP contribution in [-0.2, 0) is 5.41 Å². The SMILES string of the molecule is c1ccc(-c2ccc(-c3nc(-c4ccccc4)nc(-c4cc(-c5ccc6c(c5)C5(c7ccccc7-c7ccccc75)c5ccccc5-6)cc(-c5ccc6ccccc6c5)c4)n3)cc2)cc1. The van der Waals surface area contributed by atoms with Crippen molar-refractivity contribution in [1.82, 2.24) is 15.0 Å². The highest BCUT2D eigenvalue weighted by molar-refractivity contribution is 5.96. The molecule has 0 bridgehead atoms. The van der Waals surface area contributed by atoms with Crippen LogP contribution in [0.1, 0.15) is 22.3 Å². The minimum atomic E-state index is -0.447. The van der Waals surface area contributed by atoms with Crippen LogP contribution in [0, 0.1) is 0 Å². The van der Waals surface area contributed by atoms with Crippen LogP contribution in [0.3, 0.4) is 0 Å². The summed E-state index contributed by atoms with van der Waals surface area (Å²) in [7, 11) is 0. The number of rotatable bonds is 6. The summed E-state index contributed by atoms with van der Waals surface area (Å²) < 4.78 is 0. The van der Waals surface area contributed by atoms with E-state index in [1.54, 1.807) is 0 Å². The zero-order valence-electron chi connectivity index (χ0n) is 35.4. The Labute approximate surface area is 378 Å². The maximum atomic E-state index is 5.29. The summed E-state index contributed by atoms with van der Waals surface area (Å²) >= 11 is 0. The van der Waals surface area contributed by atoms with Crippen LogP contribution in [0.5, 0.6) is 0 Å². The minimum Gasteiger partial charge on any atom is -0.208 e. The number of hydrogen-bond acceptors (Lipinski definition) is 3. The average Bonchev–Trinajstić information content (AvgIpc) is 3.86. The van der Waals surface area contributed by atoms with Gasteiger partial charge in [-0.05, 0) is 119 Å². The van der Waals surface area contributed by atoms with Gasteiger partial charge in [0.15, 0.2) is 17.5 Å². The van der Waals surface area contributed by atoms with Gasteiger partial charge in [0.2, 0.25) is 0 Å². The first-order chi connectivity index (χ1) is 32.2. The fourth-order valence-electron chi connectivity index (χ4n) is 10.5. The molecule has 11 aromatic rings. The Morgan fingerprint density at radius 2 is 0.600 bits per heavy atom. The van der Waals surface area contributed by atoms with Crippen molar-refractivity contribution in [1.29, 1.82) is 0 Å². The highest BCUT2D eigenvalue weighted by atomic mass is 15.0. The summed E-state index contributed by atoms with van der Waals surface area (Å²) in [6, 6.07) is 85.4. The van der Waals surface area contributed by atoms with E-state index < -0.39 is 5.41 Å². The van der Waals surface area contributed by atoms with Crippen molar-refractivity contribution < 1.29 is 0 Å². The molecule has 3 nitrogen and oxygen atoms in total. The molecule has 0 saturated carbocycles. The van der Waals surface area contributed by atoms with Gasteiger partial charge in [0, 0.05) is 16.7 Å². The third-order valence-corrected chi connectivity index (χ3v) is 13.5. The zero-order chi connectivity index (χ0) is 42.9. The summed E-state index contributed by atoms with van der Waals surface area (Å²) in [6.07, 6.45) is 0. The van der Waals surface area contributed by atoms with E-state index in [9.17, 15) is 0 Å². The topological polar surface area (TPSA) is 38.7 Å². The van der Waals surface area contributed by atoms with Crippen LogP contribution in [-0.4, -0.2) is 15.0 Å². The molecule has 10 aromatic carbocycles. The summed E-state index contributed by atoms with van der Waals surface area (Å²) in [4.78, 5) is 15.7. The van der Waals surface area contributed by atoms with Gasteiger partial charge >= 0.3 is 0 Å². The second-order valence-electron chi connectivity index (χ2n) is 17.1. The maximum Gasteiger partial charge on any atom is 0.164 e. The molecule has 65 heavy (non-hydrogen) atoms. The molecule has 13 rings (SSSR count). The van der Waals surface area contributed by atoms with Gasteiger partial charge in [-0.2, -0.15) is 0 Å². The van der Waals surface area contributed by atoms with Gasteiger partial charge in [0.25, 0.3) is 0 Å². The average molecular weight is 826 g/mol. The van der Waals surface area contributed by atoms with Crippen LogP contribution in [0.15, 0.2) is 237 Å². The molecule has 1 aromatic heterocycles. The molecule has 0 N–H and O–H groups in total. The molecular weight excluding hydrogens is 787 g/mol. The summed E-state index contributed by atoms with van der Waals surface area (Å²) in [6.45, 7) is 0. The fourth-order valence-corrected chi connectivity index (χ4v) is 10.5. The highest BCUT2D eigenvalue weighted by Crippen LogP contribution is 2.63. The van der Waals surface area contributed by atoms with Gasteiger partial charge in [-0.1, -0.05) is 206 Å². The smallest absolute Gasteiger partial charge is 0.164 e. The molecule has 2 aliphatic carbocycles. The zero-order valence-corrected chi connectivity index (χ0v) is 35.4. The highest BCUT2D eigenvalue weighted by Gasteiger charge is 2.51. The first kappa shape index (κ1) is 37.1. The monoisotopic (exact) mass is 825 g/mol. The molecule has 2 aliphatic rings. The van der Waals surface area contributed by atoms with Crippen molar-refractivity contribution in [3.05, 3.63) is 259 Å². The number of nitrogens with zero attached hydrogens (tertiary/aromatic N) is 3. The molecule has 0 unspecified atom stereocenters. The van der Waals surface area contributed by atoms with Crippen molar-refractivity contribution in [2.45, 2.75) is 5.41 Å². The van der Waals surface area contributed by atoms with Gasteiger partial charge in [-0.3, -0.25) is 0 Å². The molecule has 0 saturated heterocycles. The van der Waals surface area contributed by atoms with Crippen LogP contribution in [0.2, 0.25) is 0 Å². The molecule has 302 valence electrons. The van der Waals surface area contributed by atoms with Crippen molar-refractivity contribution >= 4 is 10.8 Å². The van der Waals surface area contributed by atoms with Crippen LogP contribution < -0.4 is 0 Å². The quantitative estimate of drug-likeness (QED) is 0.168. The molecule has 0 atom stereocenters. The molecule has 0 fully saturated rings. The van der Waals surface area contributed by atoms with Crippen LogP contribution >= 0.6 is 0 Å². The summed E-state index contributed by atoms with van der Waals surface area (Å²) in [5, 5.41) is 2.40. The first-order valence-corrected chi connectivity index (χ1v) is 22.3. The van der Waals surface area contributed by atoms with Gasteiger partial charge in [0.05, 0.1) is 5.41 Å². The molecule has 0 amide bonds. The van der Waals surface area contributed by atoms with Crippen LogP contribution in [0.25, 0.3) is 101 Å². The molecule has 1 heterocycles. The van der Waals surface area contributed by atoms with E-state index in [-0.39, 0.29) is 0 Å². The third-order valence-electron chi connectivity index (χ3n) is 13.5. The lowest BCUT2D eigenvalue weighted by Crippen LogP contribution is -2.25. The molecule has 1 spiro atoms. The standard InChI is InChI=1S/C62H39N3/c1-3-15-40(16-4-1)42-27-30-44(31-28-42)60-63-59(43-18-5-2-6-19-43)64-61(65-60)50-37-48(46-32-29-41-17-7-8-20-45(41)35-46)36-49(38-50)47-33-34-54-53-23-11-14-26-57(53)62(58(54)39-47)55-24-12-9-21-51(55)52-22-10-13-25-56(52)62/h1-39H. The van der Waals surface area contributed by atoms with Crippen molar-refractivity contribution in [2.75, 3.05) is 0 Å². The molecule has 0 aliphatic heterocycles. The number of fused-ring (bicyclic) bond motifs is 11. The lowest BCUT2D eigenvalue weighted by atomic mass is 9.70. The van der Waals surface area contributed by atoms with E-state index >= 15 is 0 Å². The van der Waals surface area contributed by atoms with Gasteiger partial charge in [0.1, 0.15) is 0 Å². The first-order valence-electron chi connectivity index (χ1n) is 22.3. The van der Waals surface area contributed by atoms with Gasteiger partial charge in [-0.25, -0.2) is 15.0 Å². The normalized spacial score (nSPS) is 12.7. The Kier molecular flexibility index (Phi) is 8.44. The summed E-state index contributed by atoms with van der Waals surface area (Å²) in [5.41, 5.74) is 19.5. The van der Waals surface area contributed by atoms with Crippen molar-refractivity contribution in [2.24, 2.45) is 0 Å². The second kappa shape index (κ2) is 14.8. The van der Waals surface area contributed by atoms with E-state index in [2.05, 4.69) is 212 Å². The van der Waals surface area contributed by atoms with E-state index in [4.69, 9.17) is 15.0 Å². The maximum absolute atomic E-state index is 5.29. The predicted octanol–water partition coefficient (Wildman–Crippen LogP) is 15.4. The Morgan fingerprint density at radius 3 is 1.20 bits per heavy atom. The van der Waals surface area contributed by atoms with E-state index in [0.29, 0.717) is 17.5 Å². The van der Waals surface area contributed by atoms with Crippen molar-refractivity contribution in [3.63, 3.8) is 0 Å². The lowest BCUT2D eigenvalue weighted by molar-refractivity contribution is 0.794. The largest absolute Gasteiger partial charge is 0.208 e. The van der Waals surface area contributed by atoms with E-state index in [1.165, 1.54) is 60.8 Å². The van der Waals surface area contributed by atoms with E-state index in [1.807, 2.05) is 24.3 Å². The minimum absolute atomic E-state index is 0.447. The molecule has 3 heteroatoms. The third kappa shape index (κ3) is 5.93. The number of benzene rings is 10. The number of hydrogen-bond donors (Lipinski definition) is 0. The lowest BCUT2D eigenvalue weighted by Gasteiger charge is -2.30. The van der Waals surface area contributed by atoms with Gasteiger partial charge < -0.3 is 0 Å². The van der Waals surface area contributed by atoms with Crippen LogP contribution in [0.4, 0.5) is 0 Å². The summed E-state index contributed by atoms with van der Waals surface area (Å²) in [5.74, 6) is 1.88. The predicted molar refractivity (Wildman–Crippen MR) is 266 cm³/mol. The Morgan fingerprint density at radius 1 is 0.215 bits per heavy atom. The molecular formula is C62H39N3. The Bertz CT molecular complexity index is 3590. The van der Waals surface area contributed by atoms with Crippen molar-refractivity contribution in [3.8, 4) is 89.8 Å². The van der Waals surface area contributed by atoms with E-state index in [0.717, 1.165) is 44.5 Å². The molecule has 0 radical (unpaired) electrons. The fraction of sp³-hybridized carbons (Fsp3) is 0.0161. The second-order valence-corrected chi connectivity index (χ2v) is 17.1. The van der Waals surface area contributed by atoms with Gasteiger partial charge in [-0.15, -0.1) is 0 Å². The Hall–Kier alpha value is -8.53. The number of aromatic nitrogens is 3. The Balaban J connectivity index is 1.03.